The van der Waals surface area contributed by atoms with Gasteiger partial charge in [0.1, 0.15) is 0 Å². The van der Waals surface area contributed by atoms with Gasteiger partial charge in [0, 0.05) is 31.8 Å². The van der Waals surface area contributed by atoms with Gasteiger partial charge in [0.15, 0.2) is 0 Å². The van der Waals surface area contributed by atoms with Crippen LogP contribution in [0.2, 0.25) is 0 Å². The molecule has 0 fully saturated rings. The summed E-state index contributed by atoms with van der Waals surface area (Å²) < 4.78 is 5.39. The van der Waals surface area contributed by atoms with Crippen LogP contribution in [0.1, 0.15) is 71.9 Å². The minimum Gasteiger partial charge on any atom is -0.462 e. The Bertz CT molecular complexity index is 844. The Kier molecular flexibility index (Phi) is 6.85. The van der Waals surface area contributed by atoms with Crippen molar-refractivity contribution in [1.29, 1.82) is 0 Å². The molecule has 0 saturated heterocycles. The van der Waals surface area contributed by atoms with E-state index >= 15 is 0 Å². The highest BCUT2D eigenvalue weighted by atomic mass is 16.5. The van der Waals surface area contributed by atoms with Crippen LogP contribution in [0.4, 0.5) is 0 Å². The number of hydroxylamine groups is 2. The number of aromatic nitrogens is 2. The molecule has 7 heteroatoms. The molecule has 0 aromatic carbocycles. The molecule has 1 unspecified atom stereocenters. The molecule has 1 amide bonds. The van der Waals surface area contributed by atoms with E-state index < -0.39 is 11.9 Å². The highest BCUT2D eigenvalue weighted by Crippen LogP contribution is 2.23. The first-order chi connectivity index (χ1) is 13.1. The topological polar surface area (TPSA) is 92.6 Å². The maximum atomic E-state index is 12.3. The molecule has 28 heavy (non-hydrogen) atoms. The third kappa shape index (κ3) is 5.60. The van der Waals surface area contributed by atoms with Crippen molar-refractivity contribution in [2.75, 3.05) is 13.7 Å². The lowest BCUT2D eigenvalue weighted by atomic mass is 9.88. The molecule has 1 N–H and O–H groups in total. The summed E-state index contributed by atoms with van der Waals surface area (Å²) in [4.78, 5) is 32.3. The summed E-state index contributed by atoms with van der Waals surface area (Å²) in [5, 5.41) is 9.80. The molecule has 2 heterocycles. The van der Waals surface area contributed by atoms with Crippen LogP contribution in [0.15, 0.2) is 36.9 Å². The number of rotatable bonds is 6. The predicted molar refractivity (Wildman–Crippen MR) is 104 cm³/mol. The minimum atomic E-state index is -0.529. The Morgan fingerprint density at radius 1 is 1.11 bits per heavy atom. The van der Waals surface area contributed by atoms with E-state index in [2.05, 4.69) is 30.7 Å². The molecule has 0 aliphatic heterocycles. The van der Waals surface area contributed by atoms with E-state index in [0.29, 0.717) is 22.6 Å². The van der Waals surface area contributed by atoms with Gasteiger partial charge in [-0.15, -0.1) is 0 Å². The molecule has 0 saturated carbocycles. The largest absolute Gasteiger partial charge is 0.462 e. The standard InChI is InChI=1S/C21H27N3O4/c1-14(15-8-16(11-22-10-15)19(25)24(5)27)6-7-28-20(26)17-9-18(13-23-12-17)21(2,3)4/h8-14,27H,6-7H2,1-5H3. The average Bonchev–Trinajstić information content (AvgIpc) is 2.66. The van der Waals surface area contributed by atoms with Crippen molar-refractivity contribution in [2.24, 2.45) is 0 Å². The average molecular weight is 385 g/mol. The van der Waals surface area contributed by atoms with Gasteiger partial charge < -0.3 is 4.74 Å². The van der Waals surface area contributed by atoms with E-state index in [1.54, 1.807) is 18.5 Å². The number of hydrogen-bond donors (Lipinski definition) is 1. The van der Waals surface area contributed by atoms with Gasteiger partial charge in [0.05, 0.1) is 17.7 Å². The van der Waals surface area contributed by atoms with Crippen LogP contribution in [0.3, 0.4) is 0 Å². The molecule has 2 rings (SSSR count). The molecule has 2 aromatic rings. The van der Waals surface area contributed by atoms with Gasteiger partial charge in [-0.25, -0.2) is 9.86 Å². The lowest BCUT2D eigenvalue weighted by molar-refractivity contribution is -0.0375. The molecule has 0 radical (unpaired) electrons. The molecule has 0 aliphatic carbocycles. The second kappa shape index (κ2) is 8.93. The van der Waals surface area contributed by atoms with Crippen LogP contribution >= 0.6 is 0 Å². The lowest BCUT2D eigenvalue weighted by Gasteiger charge is -2.19. The van der Waals surface area contributed by atoms with E-state index in [9.17, 15) is 14.8 Å². The van der Waals surface area contributed by atoms with E-state index in [1.165, 1.54) is 19.4 Å². The minimum absolute atomic E-state index is 0.0242. The van der Waals surface area contributed by atoms with E-state index in [0.717, 1.165) is 11.1 Å². The van der Waals surface area contributed by atoms with Crippen molar-refractivity contribution in [1.82, 2.24) is 15.0 Å². The Morgan fingerprint density at radius 2 is 1.75 bits per heavy atom. The van der Waals surface area contributed by atoms with Gasteiger partial charge >= 0.3 is 5.97 Å². The van der Waals surface area contributed by atoms with Gasteiger partial charge in [-0.1, -0.05) is 27.7 Å². The summed E-state index contributed by atoms with van der Waals surface area (Å²) in [5.41, 5.74) is 2.43. The van der Waals surface area contributed by atoms with Crippen molar-refractivity contribution < 1.29 is 19.5 Å². The summed E-state index contributed by atoms with van der Waals surface area (Å²) in [5.74, 6) is -0.912. The number of carbonyl (C=O) groups is 2. The van der Waals surface area contributed by atoms with Crippen LogP contribution in [0.25, 0.3) is 0 Å². The first-order valence-corrected chi connectivity index (χ1v) is 9.14. The summed E-state index contributed by atoms with van der Waals surface area (Å²) in [6.45, 7) is 8.37. The van der Waals surface area contributed by atoms with E-state index in [1.807, 2.05) is 13.0 Å². The number of pyridine rings is 2. The first-order valence-electron chi connectivity index (χ1n) is 9.14. The summed E-state index contributed by atoms with van der Waals surface area (Å²) >= 11 is 0. The van der Waals surface area contributed by atoms with Crippen LogP contribution in [-0.4, -0.2) is 45.8 Å². The molecular weight excluding hydrogens is 358 g/mol. The SMILES string of the molecule is CC(CCOC(=O)c1cncc(C(C)(C)C)c1)c1cncc(C(=O)N(C)O)c1. The molecule has 150 valence electrons. The lowest BCUT2D eigenvalue weighted by Crippen LogP contribution is -2.22. The van der Waals surface area contributed by atoms with Crippen LogP contribution < -0.4 is 0 Å². The van der Waals surface area contributed by atoms with Crippen molar-refractivity contribution >= 4 is 11.9 Å². The summed E-state index contributed by atoms with van der Waals surface area (Å²) in [6, 6.07) is 3.49. The summed E-state index contributed by atoms with van der Waals surface area (Å²) in [6.07, 6.45) is 6.90. The van der Waals surface area contributed by atoms with Crippen molar-refractivity contribution in [3.63, 3.8) is 0 Å². The van der Waals surface area contributed by atoms with Crippen molar-refractivity contribution in [2.45, 2.75) is 45.4 Å². The molecule has 0 bridgehead atoms. The second-order valence-corrected chi connectivity index (χ2v) is 7.87. The third-order valence-corrected chi connectivity index (χ3v) is 4.49. The van der Waals surface area contributed by atoms with Gasteiger partial charge in [0.2, 0.25) is 0 Å². The molecule has 7 nitrogen and oxygen atoms in total. The fraction of sp³-hybridized carbons (Fsp3) is 0.429. The second-order valence-electron chi connectivity index (χ2n) is 7.87. The quantitative estimate of drug-likeness (QED) is 0.464. The number of ether oxygens (including phenoxy) is 1. The normalized spacial score (nSPS) is 12.4. The zero-order valence-electron chi connectivity index (χ0n) is 17.0. The van der Waals surface area contributed by atoms with Crippen LogP contribution in [0, 0.1) is 0 Å². The van der Waals surface area contributed by atoms with Crippen LogP contribution in [-0.2, 0) is 10.2 Å². The van der Waals surface area contributed by atoms with Gasteiger partial charge in [-0.05, 0) is 41.0 Å². The van der Waals surface area contributed by atoms with Crippen molar-refractivity contribution in [3.05, 3.63) is 59.2 Å². The molecule has 0 spiro atoms. The fourth-order valence-corrected chi connectivity index (χ4v) is 2.57. The molecule has 1 atom stereocenters. The smallest absolute Gasteiger partial charge is 0.339 e. The highest BCUT2D eigenvalue weighted by Gasteiger charge is 2.18. The Morgan fingerprint density at radius 3 is 2.39 bits per heavy atom. The Labute approximate surface area is 165 Å². The number of carbonyl (C=O) groups excluding carboxylic acids is 2. The monoisotopic (exact) mass is 385 g/mol. The molecule has 2 aromatic heterocycles. The van der Waals surface area contributed by atoms with Gasteiger partial charge in [-0.3, -0.25) is 20.0 Å². The zero-order chi connectivity index (χ0) is 20.9. The third-order valence-electron chi connectivity index (χ3n) is 4.49. The maximum Gasteiger partial charge on any atom is 0.339 e. The van der Waals surface area contributed by atoms with Gasteiger partial charge in [0.25, 0.3) is 5.91 Å². The molecular formula is C21H27N3O4. The van der Waals surface area contributed by atoms with E-state index in [-0.39, 0.29) is 17.9 Å². The van der Waals surface area contributed by atoms with E-state index in [4.69, 9.17) is 4.74 Å². The fourth-order valence-electron chi connectivity index (χ4n) is 2.57. The van der Waals surface area contributed by atoms with Crippen LogP contribution in [0.5, 0.6) is 0 Å². The number of hydrogen-bond acceptors (Lipinski definition) is 6. The maximum absolute atomic E-state index is 12.3. The summed E-state index contributed by atoms with van der Waals surface area (Å²) in [7, 11) is 1.27. The molecule has 0 aliphatic rings. The Hall–Kier alpha value is -2.80. The van der Waals surface area contributed by atoms with Crippen molar-refractivity contribution in [3.8, 4) is 0 Å². The number of amides is 1. The first kappa shape index (κ1) is 21.5. The predicted octanol–water partition coefficient (Wildman–Crippen LogP) is 3.59. The zero-order valence-corrected chi connectivity index (χ0v) is 17.0. The Balaban J connectivity index is 1.95. The highest BCUT2D eigenvalue weighted by molar-refractivity contribution is 5.93. The number of nitrogens with zero attached hydrogens (tertiary/aromatic N) is 3. The number of esters is 1. The van der Waals surface area contributed by atoms with Gasteiger partial charge in [-0.2, -0.15) is 0 Å².